The van der Waals surface area contributed by atoms with Gasteiger partial charge in [0, 0.05) is 33.9 Å². The van der Waals surface area contributed by atoms with E-state index < -0.39 is 10.0 Å². The van der Waals surface area contributed by atoms with Crippen molar-refractivity contribution in [1.82, 2.24) is 9.29 Å². The molecule has 0 aromatic carbocycles. The van der Waals surface area contributed by atoms with Crippen molar-refractivity contribution in [3.63, 3.8) is 0 Å². The average molecular weight is 287 g/mol. The molecule has 6 nitrogen and oxygen atoms in total. The highest BCUT2D eigenvalue weighted by molar-refractivity contribution is 7.89. The maximum Gasteiger partial charge on any atom is 0.244 e. The summed E-state index contributed by atoms with van der Waals surface area (Å²) in [4.78, 5) is 6.19. The summed E-state index contributed by atoms with van der Waals surface area (Å²) in [5.74, 6) is 0.679. The summed E-state index contributed by atoms with van der Waals surface area (Å²) >= 11 is 0. The lowest BCUT2D eigenvalue weighted by atomic mass is 10.3. The lowest BCUT2D eigenvalue weighted by molar-refractivity contribution is 0.187. The Kier molecular flexibility index (Phi) is 5.28. The first-order chi connectivity index (χ1) is 8.75. The van der Waals surface area contributed by atoms with Gasteiger partial charge in [-0.1, -0.05) is 0 Å². The van der Waals surface area contributed by atoms with Crippen molar-refractivity contribution < 1.29 is 13.5 Å². The fourth-order valence-electron chi connectivity index (χ4n) is 1.46. The van der Waals surface area contributed by atoms with E-state index in [-0.39, 0.29) is 11.0 Å². The first-order valence-corrected chi connectivity index (χ1v) is 7.47. The van der Waals surface area contributed by atoms with Crippen molar-refractivity contribution in [3.8, 4) is 0 Å². The summed E-state index contributed by atoms with van der Waals surface area (Å²) in [7, 11) is 1.39. The van der Waals surface area contributed by atoms with E-state index in [0.29, 0.717) is 18.8 Å². The summed E-state index contributed by atoms with van der Waals surface area (Å²) in [5.41, 5.74) is 0. The Bertz CT molecular complexity index is 497. The molecule has 0 saturated heterocycles. The maximum absolute atomic E-state index is 11.9. The fourth-order valence-corrected chi connectivity index (χ4v) is 2.30. The second-order valence-corrected chi connectivity index (χ2v) is 6.85. The number of sulfonamides is 1. The number of hydrogen-bond donors (Lipinski definition) is 1. The zero-order valence-electron chi connectivity index (χ0n) is 11.7. The Morgan fingerprint density at radius 1 is 1.32 bits per heavy atom. The lowest BCUT2D eigenvalue weighted by Gasteiger charge is -2.19. The van der Waals surface area contributed by atoms with Crippen molar-refractivity contribution in [3.05, 3.63) is 18.3 Å². The molecule has 1 heterocycles. The first-order valence-electron chi connectivity index (χ1n) is 6.03. The number of rotatable bonds is 6. The molecule has 108 valence electrons. The molecule has 1 aromatic rings. The molecule has 0 saturated carbocycles. The Labute approximate surface area is 114 Å². The molecule has 1 rings (SSSR count). The highest BCUT2D eigenvalue weighted by Crippen LogP contribution is 2.16. The Hall–Kier alpha value is -1.18. The standard InChI is InChI=1S/C12H21N3O3S/c1-10(16)7-8-15(4)12-6-5-11(9-13-12)19(17,18)14(2)3/h5-6,9-10,16H,7-8H2,1-4H3. The van der Waals surface area contributed by atoms with Crippen molar-refractivity contribution in [2.45, 2.75) is 24.3 Å². The van der Waals surface area contributed by atoms with Crippen molar-refractivity contribution in [2.75, 3.05) is 32.6 Å². The van der Waals surface area contributed by atoms with E-state index in [1.807, 2.05) is 11.9 Å². The van der Waals surface area contributed by atoms with Gasteiger partial charge < -0.3 is 10.0 Å². The van der Waals surface area contributed by atoms with Gasteiger partial charge in [-0.3, -0.25) is 0 Å². The van der Waals surface area contributed by atoms with Crippen LogP contribution in [0.4, 0.5) is 5.82 Å². The van der Waals surface area contributed by atoms with E-state index in [2.05, 4.69) is 4.98 Å². The van der Waals surface area contributed by atoms with Crippen molar-refractivity contribution in [2.24, 2.45) is 0 Å². The zero-order chi connectivity index (χ0) is 14.6. The molecule has 0 aliphatic rings. The van der Waals surface area contributed by atoms with Gasteiger partial charge >= 0.3 is 0 Å². The molecule has 0 spiro atoms. The molecule has 7 heteroatoms. The first kappa shape index (κ1) is 15.9. The Morgan fingerprint density at radius 2 is 1.95 bits per heavy atom. The zero-order valence-corrected chi connectivity index (χ0v) is 12.6. The third-order valence-corrected chi connectivity index (χ3v) is 4.57. The summed E-state index contributed by atoms with van der Waals surface area (Å²) in [5, 5.41) is 9.23. The van der Waals surface area contributed by atoms with Crippen LogP contribution in [0.15, 0.2) is 23.2 Å². The summed E-state index contributed by atoms with van der Waals surface area (Å²) < 4.78 is 24.9. The number of hydrogen-bond acceptors (Lipinski definition) is 5. The predicted molar refractivity (Wildman–Crippen MR) is 74.7 cm³/mol. The van der Waals surface area contributed by atoms with E-state index >= 15 is 0 Å². The van der Waals surface area contributed by atoms with Gasteiger partial charge in [0.25, 0.3) is 0 Å². The van der Waals surface area contributed by atoms with Gasteiger partial charge in [-0.2, -0.15) is 0 Å². The maximum atomic E-state index is 11.9. The second-order valence-electron chi connectivity index (χ2n) is 4.70. The van der Waals surface area contributed by atoms with Crippen LogP contribution < -0.4 is 4.90 Å². The van der Waals surface area contributed by atoms with Crippen LogP contribution in [0.5, 0.6) is 0 Å². The number of nitrogens with zero attached hydrogens (tertiary/aromatic N) is 3. The summed E-state index contributed by atoms with van der Waals surface area (Å²) in [6.07, 6.45) is 1.62. The van der Waals surface area contributed by atoms with Crippen LogP contribution in [-0.2, 0) is 10.0 Å². The normalized spacial score (nSPS) is 13.6. The largest absolute Gasteiger partial charge is 0.393 e. The molecule has 1 N–H and O–H groups in total. The molecular formula is C12H21N3O3S. The SMILES string of the molecule is CC(O)CCN(C)c1ccc(S(=O)(=O)N(C)C)cn1. The number of aliphatic hydroxyl groups is 1. The minimum atomic E-state index is -3.43. The molecule has 0 aliphatic carbocycles. The predicted octanol–water partition coefficient (Wildman–Crippen LogP) is 0.539. The topological polar surface area (TPSA) is 73.7 Å². The van der Waals surface area contributed by atoms with Crippen LogP contribution in [0.2, 0.25) is 0 Å². The molecule has 0 radical (unpaired) electrons. The number of aromatic nitrogens is 1. The van der Waals surface area contributed by atoms with Gasteiger partial charge in [0.05, 0.1) is 6.10 Å². The number of aliphatic hydroxyl groups excluding tert-OH is 1. The van der Waals surface area contributed by atoms with E-state index in [4.69, 9.17) is 0 Å². The second kappa shape index (κ2) is 6.31. The van der Waals surface area contributed by atoms with Gasteiger partial charge in [0.1, 0.15) is 10.7 Å². The van der Waals surface area contributed by atoms with Crippen LogP contribution in [-0.4, -0.2) is 56.6 Å². The highest BCUT2D eigenvalue weighted by atomic mass is 32.2. The minimum absolute atomic E-state index is 0.171. The molecule has 1 aromatic heterocycles. The van der Waals surface area contributed by atoms with Crippen LogP contribution in [0.25, 0.3) is 0 Å². The third-order valence-electron chi connectivity index (χ3n) is 2.77. The van der Waals surface area contributed by atoms with E-state index in [1.165, 1.54) is 26.4 Å². The van der Waals surface area contributed by atoms with Gasteiger partial charge in [-0.15, -0.1) is 0 Å². The van der Waals surface area contributed by atoms with Gasteiger partial charge in [-0.05, 0) is 25.5 Å². The molecule has 0 bridgehead atoms. The van der Waals surface area contributed by atoms with Crippen LogP contribution in [0, 0.1) is 0 Å². The molecule has 1 atom stereocenters. The van der Waals surface area contributed by atoms with Gasteiger partial charge in [-0.25, -0.2) is 17.7 Å². The molecule has 0 amide bonds. The van der Waals surface area contributed by atoms with Gasteiger partial charge in [0.2, 0.25) is 10.0 Å². The monoisotopic (exact) mass is 287 g/mol. The molecule has 1 unspecified atom stereocenters. The van der Waals surface area contributed by atoms with Crippen molar-refractivity contribution >= 4 is 15.8 Å². The Morgan fingerprint density at radius 3 is 2.37 bits per heavy atom. The fraction of sp³-hybridized carbons (Fsp3) is 0.583. The van der Waals surface area contributed by atoms with E-state index in [9.17, 15) is 13.5 Å². The van der Waals surface area contributed by atoms with Crippen molar-refractivity contribution in [1.29, 1.82) is 0 Å². The van der Waals surface area contributed by atoms with Crippen LogP contribution in [0.3, 0.4) is 0 Å². The van der Waals surface area contributed by atoms with Gasteiger partial charge in [0.15, 0.2) is 0 Å². The van der Waals surface area contributed by atoms with Crippen LogP contribution >= 0.6 is 0 Å². The molecule has 0 aliphatic heterocycles. The summed E-state index contributed by atoms with van der Waals surface area (Å²) in [6, 6.07) is 3.20. The van der Waals surface area contributed by atoms with E-state index in [0.717, 1.165) is 4.31 Å². The Balaban J connectivity index is 2.82. The third kappa shape index (κ3) is 4.15. The summed E-state index contributed by atoms with van der Waals surface area (Å²) in [6.45, 7) is 2.39. The van der Waals surface area contributed by atoms with Crippen LogP contribution in [0.1, 0.15) is 13.3 Å². The quantitative estimate of drug-likeness (QED) is 0.826. The number of anilines is 1. The average Bonchev–Trinajstić information content (AvgIpc) is 2.35. The molecule has 19 heavy (non-hydrogen) atoms. The smallest absolute Gasteiger partial charge is 0.244 e. The molecule has 0 fully saturated rings. The lowest BCUT2D eigenvalue weighted by Crippen LogP contribution is -2.24. The molecular weight excluding hydrogens is 266 g/mol. The van der Waals surface area contributed by atoms with E-state index in [1.54, 1.807) is 13.0 Å². The number of pyridine rings is 1. The minimum Gasteiger partial charge on any atom is -0.393 e. The highest BCUT2D eigenvalue weighted by Gasteiger charge is 2.17.